The molecule has 7 aromatic rings. The van der Waals surface area contributed by atoms with Crippen LogP contribution in [0.25, 0.3) is 44.2 Å². The average molecular weight is 600 g/mol. The van der Waals surface area contributed by atoms with Crippen LogP contribution in [0.15, 0.2) is 138 Å². The molecule has 8 rings (SSSR count). The molecule has 3 heteroatoms. The Hall–Kier alpha value is -4.86. The molecule has 1 heterocycles. The van der Waals surface area contributed by atoms with E-state index in [0.717, 1.165) is 33.6 Å². The lowest BCUT2D eigenvalue weighted by molar-refractivity contribution is 0.660. The third kappa shape index (κ3) is 4.37. The van der Waals surface area contributed by atoms with Gasteiger partial charge < -0.3 is 9.32 Å². The molecule has 0 saturated heterocycles. The van der Waals surface area contributed by atoms with Crippen molar-refractivity contribution in [2.24, 2.45) is 0 Å². The minimum Gasteiger partial charge on any atom is -0.454 e. The molecule has 1 aliphatic carbocycles. The van der Waals surface area contributed by atoms with Crippen molar-refractivity contribution in [2.75, 3.05) is 4.90 Å². The number of rotatable bonds is 5. The fourth-order valence-corrected chi connectivity index (χ4v) is 8.73. The van der Waals surface area contributed by atoms with Crippen LogP contribution < -0.4 is 10.1 Å². The minimum absolute atomic E-state index is 0.0949. The van der Waals surface area contributed by atoms with Crippen LogP contribution in [0.2, 0.25) is 19.6 Å². The van der Waals surface area contributed by atoms with Crippen molar-refractivity contribution in [3.05, 3.63) is 145 Å². The van der Waals surface area contributed by atoms with Crippen molar-refractivity contribution >= 4 is 52.3 Å². The van der Waals surface area contributed by atoms with E-state index in [1.807, 2.05) is 0 Å². The molecular formula is C42H37NOSi. The summed E-state index contributed by atoms with van der Waals surface area (Å²) in [7, 11) is -1.64. The Morgan fingerprint density at radius 1 is 0.533 bits per heavy atom. The second-order valence-electron chi connectivity index (χ2n) is 13.8. The molecule has 2 nitrogen and oxygen atoms in total. The van der Waals surface area contributed by atoms with Gasteiger partial charge >= 0.3 is 0 Å². The van der Waals surface area contributed by atoms with E-state index in [1.165, 1.54) is 44.0 Å². The number of benzene rings is 6. The number of fused-ring (bicyclic) bond motifs is 6. The van der Waals surface area contributed by atoms with Crippen LogP contribution in [0.4, 0.5) is 17.1 Å². The van der Waals surface area contributed by atoms with Gasteiger partial charge in [0.15, 0.2) is 5.58 Å². The first kappa shape index (κ1) is 27.7. The number of hydrogen-bond acceptors (Lipinski definition) is 2. The first-order valence-corrected chi connectivity index (χ1v) is 19.4. The largest absolute Gasteiger partial charge is 0.454 e. The van der Waals surface area contributed by atoms with Gasteiger partial charge in [0.2, 0.25) is 0 Å². The maximum Gasteiger partial charge on any atom is 0.159 e. The first-order valence-electron chi connectivity index (χ1n) is 15.9. The third-order valence-electron chi connectivity index (χ3n) is 9.61. The van der Waals surface area contributed by atoms with Crippen LogP contribution in [0.3, 0.4) is 0 Å². The second-order valence-corrected chi connectivity index (χ2v) is 18.9. The summed E-state index contributed by atoms with van der Waals surface area (Å²) in [6.45, 7) is 11.9. The highest BCUT2D eigenvalue weighted by Crippen LogP contribution is 2.51. The zero-order valence-electron chi connectivity index (χ0n) is 26.6. The zero-order valence-corrected chi connectivity index (χ0v) is 27.6. The molecule has 0 aliphatic heterocycles. The van der Waals surface area contributed by atoms with E-state index in [9.17, 15) is 0 Å². The van der Waals surface area contributed by atoms with Crippen LogP contribution in [0.5, 0.6) is 0 Å². The van der Waals surface area contributed by atoms with E-state index in [2.05, 4.69) is 172 Å². The van der Waals surface area contributed by atoms with Crippen molar-refractivity contribution < 1.29 is 4.42 Å². The molecule has 0 amide bonds. The average Bonchev–Trinajstić information content (AvgIpc) is 3.54. The first-order chi connectivity index (χ1) is 21.7. The van der Waals surface area contributed by atoms with Crippen LogP contribution in [0.1, 0.15) is 25.0 Å². The molecule has 1 aliphatic rings. The SMILES string of the molecule is CC1(C)c2ccccc2-c2ccc(N(c3ccc(-c4ccccc4)cc3)c3cccc4c3oc3c([Si](C)(C)C)cccc34)cc21. The number of nitrogens with zero attached hydrogens (tertiary/aromatic N) is 1. The summed E-state index contributed by atoms with van der Waals surface area (Å²) in [6.07, 6.45) is 0. The van der Waals surface area contributed by atoms with Gasteiger partial charge in [0.05, 0.1) is 13.8 Å². The van der Waals surface area contributed by atoms with Gasteiger partial charge in [-0.05, 0) is 68.9 Å². The predicted octanol–water partition coefficient (Wildman–Crippen LogP) is 11.6. The number of furan rings is 1. The summed E-state index contributed by atoms with van der Waals surface area (Å²) in [4.78, 5) is 2.38. The molecular weight excluding hydrogens is 563 g/mol. The molecule has 0 fully saturated rings. The Morgan fingerprint density at radius 2 is 1.16 bits per heavy atom. The summed E-state index contributed by atoms with van der Waals surface area (Å²) >= 11 is 0. The molecule has 6 aromatic carbocycles. The molecule has 0 N–H and O–H groups in total. The lowest BCUT2D eigenvalue weighted by Gasteiger charge is -2.28. The fraction of sp³-hybridized carbons (Fsp3) is 0.143. The number of anilines is 3. The van der Waals surface area contributed by atoms with Gasteiger partial charge in [0, 0.05) is 27.6 Å². The Kier molecular flexibility index (Phi) is 6.20. The van der Waals surface area contributed by atoms with E-state index in [0.29, 0.717) is 0 Å². The second kappa shape index (κ2) is 10.1. The molecule has 0 bridgehead atoms. The lowest BCUT2D eigenvalue weighted by Crippen LogP contribution is -2.37. The van der Waals surface area contributed by atoms with Crippen molar-refractivity contribution in [3.8, 4) is 22.3 Å². The van der Waals surface area contributed by atoms with Gasteiger partial charge in [-0.25, -0.2) is 0 Å². The Bertz CT molecular complexity index is 2220. The standard InChI is InChI=1S/C42H37NOSi/c1-42(2)36-18-10-9-15-32(36)33-26-25-31(27-37(33)42)43(30-23-21-29(22-24-30)28-13-7-6-8-14-28)38-19-11-16-34-35-17-12-20-39(45(3,4)5)41(35)44-40(34)38/h6-27H,1-5H3. The number of para-hydroxylation sites is 2. The molecule has 0 saturated carbocycles. The lowest BCUT2D eigenvalue weighted by atomic mass is 9.82. The van der Waals surface area contributed by atoms with Crippen molar-refractivity contribution in [2.45, 2.75) is 38.9 Å². The smallest absolute Gasteiger partial charge is 0.159 e. The fourth-order valence-electron chi connectivity index (χ4n) is 7.26. The van der Waals surface area contributed by atoms with E-state index in [1.54, 1.807) is 0 Å². The summed E-state index contributed by atoms with van der Waals surface area (Å²) in [5.41, 5.74) is 12.9. The molecule has 220 valence electrons. The van der Waals surface area contributed by atoms with Crippen molar-refractivity contribution in [1.82, 2.24) is 0 Å². The van der Waals surface area contributed by atoms with Crippen LogP contribution in [0, 0.1) is 0 Å². The van der Waals surface area contributed by atoms with Gasteiger partial charge in [-0.3, -0.25) is 0 Å². The quantitative estimate of drug-likeness (QED) is 0.183. The van der Waals surface area contributed by atoms with Crippen molar-refractivity contribution in [1.29, 1.82) is 0 Å². The highest BCUT2D eigenvalue weighted by atomic mass is 28.3. The number of hydrogen-bond donors (Lipinski definition) is 0. The van der Waals surface area contributed by atoms with Gasteiger partial charge in [0.25, 0.3) is 0 Å². The summed E-state index contributed by atoms with van der Waals surface area (Å²) in [6, 6.07) is 48.6. The predicted molar refractivity (Wildman–Crippen MR) is 194 cm³/mol. The van der Waals surface area contributed by atoms with E-state index < -0.39 is 8.07 Å². The molecule has 0 radical (unpaired) electrons. The van der Waals surface area contributed by atoms with E-state index >= 15 is 0 Å². The molecule has 0 unspecified atom stereocenters. The van der Waals surface area contributed by atoms with Gasteiger partial charge in [-0.15, -0.1) is 0 Å². The highest BCUT2D eigenvalue weighted by molar-refractivity contribution is 6.90. The summed E-state index contributed by atoms with van der Waals surface area (Å²) < 4.78 is 6.94. The van der Waals surface area contributed by atoms with Crippen LogP contribution in [-0.4, -0.2) is 8.07 Å². The zero-order chi connectivity index (χ0) is 30.9. The van der Waals surface area contributed by atoms with Crippen molar-refractivity contribution in [3.63, 3.8) is 0 Å². The van der Waals surface area contributed by atoms with Gasteiger partial charge in [-0.2, -0.15) is 0 Å². The van der Waals surface area contributed by atoms with Crippen LogP contribution >= 0.6 is 0 Å². The normalized spacial score (nSPS) is 13.6. The summed E-state index contributed by atoms with van der Waals surface area (Å²) in [5, 5.41) is 3.71. The maximum atomic E-state index is 6.94. The van der Waals surface area contributed by atoms with Gasteiger partial charge in [-0.1, -0.05) is 137 Å². The monoisotopic (exact) mass is 599 g/mol. The Labute approximate surface area is 266 Å². The third-order valence-corrected chi connectivity index (χ3v) is 11.6. The van der Waals surface area contributed by atoms with E-state index in [4.69, 9.17) is 4.42 Å². The molecule has 0 atom stereocenters. The van der Waals surface area contributed by atoms with Gasteiger partial charge in [0.1, 0.15) is 5.58 Å². The van der Waals surface area contributed by atoms with E-state index in [-0.39, 0.29) is 5.41 Å². The summed E-state index contributed by atoms with van der Waals surface area (Å²) in [5.74, 6) is 0. The minimum atomic E-state index is -1.64. The topological polar surface area (TPSA) is 16.4 Å². The molecule has 0 spiro atoms. The maximum absolute atomic E-state index is 6.94. The Balaban J connectivity index is 1.36. The molecule has 1 aromatic heterocycles. The van der Waals surface area contributed by atoms with Crippen LogP contribution in [-0.2, 0) is 5.41 Å². The Morgan fingerprint density at radius 3 is 1.91 bits per heavy atom. The molecule has 45 heavy (non-hydrogen) atoms. The highest BCUT2D eigenvalue weighted by Gasteiger charge is 2.36.